The largest absolute Gasteiger partial charge is 0.506 e. The van der Waals surface area contributed by atoms with Gasteiger partial charge in [0.25, 0.3) is 0 Å². The fourth-order valence-electron chi connectivity index (χ4n) is 0.868. The highest BCUT2D eigenvalue weighted by molar-refractivity contribution is 5.57. The van der Waals surface area contributed by atoms with Crippen LogP contribution in [0.4, 0.5) is 18.0 Å². The molecule has 6 heteroatoms. The van der Waals surface area contributed by atoms with E-state index in [1.54, 1.807) is 0 Å². The molecule has 1 N–H and O–H groups in total. The SMILES string of the molecule is CCC(C)(CC(F)(F)F)OC(=O)O. The second kappa shape index (κ2) is 3.85. The Kier molecular flexibility index (Phi) is 3.57. The van der Waals surface area contributed by atoms with Gasteiger partial charge in [0.2, 0.25) is 0 Å². The quantitative estimate of drug-likeness (QED) is 0.712. The molecule has 0 amide bonds. The average molecular weight is 200 g/mol. The zero-order chi connectivity index (χ0) is 10.7. The first-order valence-electron chi connectivity index (χ1n) is 3.67. The molecule has 3 nitrogen and oxygen atoms in total. The number of ether oxygens (including phenoxy) is 1. The maximum Gasteiger partial charge on any atom is 0.506 e. The highest BCUT2D eigenvalue weighted by Gasteiger charge is 2.41. The average Bonchev–Trinajstić information content (AvgIpc) is 1.81. The Morgan fingerprint density at radius 3 is 2.15 bits per heavy atom. The minimum Gasteiger partial charge on any atom is -0.450 e. The molecule has 0 aromatic heterocycles. The first kappa shape index (κ1) is 12.1. The lowest BCUT2D eigenvalue weighted by Gasteiger charge is -2.27. The van der Waals surface area contributed by atoms with E-state index in [-0.39, 0.29) is 6.42 Å². The molecule has 0 rings (SSSR count). The summed E-state index contributed by atoms with van der Waals surface area (Å²) in [6.07, 6.45) is -7.38. The third-order valence-corrected chi connectivity index (χ3v) is 1.66. The number of hydrogen-bond donors (Lipinski definition) is 1. The van der Waals surface area contributed by atoms with Gasteiger partial charge in [-0.3, -0.25) is 0 Å². The van der Waals surface area contributed by atoms with E-state index in [0.717, 1.165) is 6.92 Å². The Morgan fingerprint density at radius 2 is 1.92 bits per heavy atom. The summed E-state index contributed by atoms with van der Waals surface area (Å²) in [6, 6.07) is 0. The molecule has 0 aliphatic rings. The number of alkyl halides is 3. The maximum atomic E-state index is 11.9. The second-order valence-corrected chi connectivity index (χ2v) is 2.96. The zero-order valence-electron chi connectivity index (χ0n) is 7.31. The lowest BCUT2D eigenvalue weighted by atomic mass is 9.99. The van der Waals surface area contributed by atoms with Crippen LogP contribution < -0.4 is 0 Å². The third kappa shape index (κ3) is 5.32. The molecule has 0 aromatic carbocycles. The number of rotatable bonds is 3. The van der Waals surface area contributed by atoms with Crippen molar-refractivity contribution in [1.29, 1.82) is 0 Å². The molecule has 0 fully saturated rings. The van der Waals surface area contributed by atoms with Gasteiger partial charge in [-0.05, 0) is 13.3 Å². The van der Waals surface area contributed by atoms with Crippen LogP contribution >= 0.6 is 0 Å². The van der Waals surface area contributed by atoms with Gasteiger partial charge in [0.1, 0.15) is 5.60 Å². The van der Waals surface area contributed by atoms with Gasteiger partial charge in [-0.2, -0.15) is 13.2 Å². The molecule has 0 radical (unpaired) electrons. The lowest BCUT2D eigenvalue weighted by Crippen LogP contribution is -2.35. The maximum absolute atomic E-state index is 11.9. The molecular weight excluding hydrogens is 189 g/mol. The topological polar surface area (TPSA) is 46.5 Å². The summed E-state index contributed by atoms with van der Waals surface area (Å²) in [6.45, 7) is 2.56. The van der Waals surface area contributed by atoms with Gasteiger partial charge in [-0.1, -0.05) is 6.92 Å². The summed E-state index contributed by atoms with van der Waals surface area (Å²) in [5.74, 6) is 0. The zero-order valence-corrected chi connectivity index (χ0v) is 7.31. The van der Waals surface area contributed by atoms with Crippen molar-refractivity contribution in [2.75, 3.05) is 0 Å². The molecule has 0 spiro atoms. The Hall–Kier alpha value is -0.940. The summed E-state index contributed by atoms with van der Waals surface area (Å²) < 4.78 is 39.9. The molecule has 78 valence electrons. The summed E-state index contributed by atoms with van der Waals surface area (Å²) >= 11 is 0. The highest BCUT2D eigenvalue weighted by atomic mass is 19.4. The molecule has 1 unspecified atom stereocenters. The van der Waals surface area contributed by atoms with E-state index in [1.807, 2.05) is 0 Å². The van der Waals surface area contributed by atoms with E-state index in [9.17, 15) is 18.0 Å². The van der Waals surface area contributed by atoms with E-state index >= 15 is 0 Å². The van der Waals surface area contributed by atoms with Gasteiger partial charge in [-0.25, -0.2) is 4.79 Å². The van der Waals surface area contributed by atoms with E-state index < -0.39 is 24.4 Å². The molecule has 0 heterocycles. The molecule has 0 bridgehead atoms. The first-order chi connectivity index (χ1) is 5.68. The van der Waals surface area contributed by atoms with Crippen LogP contribution in [0.15, 0.2) is 0 Å². The van der Waals surface area contributed by atoms with Crippen molar-refractivity contribution in [3.63, 3.8) is 0 Å². The summed E-state index contributed by atoms with van der Waals surface area (Å²) in [7, 11) is 0. The summed E-state index contributed by atoms with van der Waals surface area (Å²) in [5, 5.41) is 8.19. The Morgan fingerprint density at radius 1 is 1.46 bits per heavy atom. The standard InChI is InChI=1S/C7H11F3O3/c1-3-6(2,13-5(11)12)4-7(8,9)10/h3-4H2,1-2H3,(H,11,12). The van der Waals surface area contributed by atoms with Gasteiger partial charge in [0.15, 0.2) is 0 Å². The number of hydrogen-bond acceptors (Lipinski definition) is 2. The lowest BCUT2D eigenvalue weighted by molar-refractivity contribution is -0.175. The van der Waals surface area contributed by atoms with Crippen LogP contribution in [0.2, 0.25) is 0 Å². The number of carboxylic acid groups (broad SMARTS) is 1. The normalized spacial score (nSPS) is 16.4. The molecule has 0 saturated heterocycles. The minimum atomic E-state index is -4.42. The van der Waals surface area contributed by atoms with Crippen LogP contribution in [0.5, 0.6) is 0 Å². The van der Waals surface area contributed by atoms with Gasteiger partial charge in [-0.15, -0.1) is 0 Å². The molecule has 1 atom stereocenters. The number of carbonyl (C=O) groups is 1. The number of halogens is 3. The minimum absolute atomic E-state index is 0.0151. The predicted molar refractivity (Wildman–Crippen MR) is 38.5 cm³/mol. The van der Waals surface area contributed by atoms with Gasteiger partial charge < -0.3 is 9.84 Å². The van der Waals surface area contributed by atoms with Gasteiger partial charge >= 0.3 is 12.3 Å². The van der Waals surface area contributed by atoms with Crippen molar-refractivity contribution in [3.05, 3.63) is 0 Å². The Bertz CT molecular complexity index is 190. The van der Waals surface area contributed by atoms with Crippen LogP contribution in [0.3, 0.4) is 0 Å². The molecule has 0 aliphatic carbocycles. The molecule has 0 saturated carbocycles. The van der Waals surface area contributed by atoms with Crippen molar-refractivity contribution in [2.45, 2.75) is 38.5 Å². The monoisotopic (exact) mass is 200 g/mol. The van der Waals surface area contributed by atoms with E-state index in [2.05, 4.69) is 4.74 Å². The molecule has 13 heavy (non-hydrogen) atoms. The smallest absolute Gasteiger partial charge is 0.450 e. The third-order valence-electron chi connectivity index (χ3n) is 1.66. The second-order valence-electron chi connectivity index (χ2n) is 2.96. The Balaban J connectivity index is 4.36. The fraction of sp³-hybridized carbons (Fsp3) is 0.857. The van der Waals surface area contributed by atoms with E-state index in [0.29, 0.717) is 0 Å². The van der Waals surface area contributed by atoms with Crippen LogP contribution in [-0.2, 0) is 4.74 Å². The van der Waals surface area contributed by atoms with E-state index in [4.69, 9.17) is 5.11 Å². The predicted octanol–water partition coefficient (Wildman–Crippen LogP) is 2.80. The van der Waals surface area contributed by atoms with Crippen molar-refractivity contribution in [3.8, 4) is 0 Å². The van der Waals surface area contributed by atoms with Crippen molar-refractivity contribution >= 4 is 6.16 Å². The van der Waals surface area contributed by atoms with Crippen molar-refractivity contribution in [1.82, 2.24) is 0 Å². The van der Waals surface area contributed by atoms with Gasteiger partial charge in [0, 0.05) is 0 Å². The van der Waals surface area contributed by atoms with Crippen LogP contribution in [-0.4, -0.2) is 23.0 Å². The van der Waals surface area contributed by atoms with E-state index in [1.165, 1.54) is 6.92 Å². The molecule has 0 aromatic rings. The summed E-state index contributed by atoms with van der Waals surface area (Å²) in [4.78, 5) is 10.1. The summed E-state index contributed by atoms with van der Waals surface area (Å²) in [5.41, 5.74) is -1.68. The highest BCUT2D eigenvalue weighted by Crippen LogP contribution is 2.31. The first-order valence-corrected chi connectivity index (χ1v) is 3.67. The fourth-order valence-corrected chi connectivity index (χ4v) is 0.868. The van der Waals surface area contributed by atoms with Crippen LogP contribution in [0, 0.1) is 0 Å². The van der Waals surface area contributed by atoms with Crippen LogP contribution in [0.1, 0.15) is 26.7 Å². The van der Waals surface area contributed by atoms with Crippen LogP contribution in [0.25, 0.3) is 0 Å². The van der Waals surface area contributed by atoms with Gasteiger partial charge in [0.05, 0.1) is 6.42 Å². The van der Waals surface area contributed by atoms with Crippen molar-refractivity contribution < 1.29 is 27.8 Å². The molecular formula is C7H11F3O3. The van der Waals surface area contributed by atoms with Crippen molar-refractivity contribution in [2.24, 2.45) is 0 Å². The molecule has 0 aliphatic heterocycles. The Labute approximate surface area is 73.5 Å².